The maximum Gasteiger partial charge on any atom is -0.00205 e. The zero-order chi connectivity index (χ0) is 11.9. The Labute approximate surface area is 102 Å². The third kappa shape index (κ3) is 4.08. The average molecular weight is 225 g/mol. The van der Waals surface area contributed by atoms with Crippen LogP contribution in [-0.4, -0.2) is 6.54 Å². The fraction of sp³-hybridized carbons (Fsp3) is 1.00. The number of hydrogen-bond acceptors (Lipinski definition) is 1. The molecule has 0 aromatic carbocycles. The van der Waals surface area contributed by atoms with Gasteiger partial charge in [0, 0.05) is 0 Å². The first-order chi connectivity index (χ1) is 7.73. The van der Waals surface area contributed by atoms with Crippen molar-refractivity contribution in [1.82, 2.24) is 0 Å². The first kappa shape index (κ1) is 14.0. The molecule has 1 fully saturated rings. The van der Waals surface area contributed by atoms with Crippen molar-refractivity contribution in [3.05, 3.63) is 0 Å². The number of hydrogen-bond donors (Lipinski definition) is 1. The Morgan fingerprint density at radius 3 is 2.19 bits per heavy atom. The highest BCUT2D eigenvalue weighted by molar-refractivity contribution is 4.84. The van der Waals surface area contributed by atoms with E-state index in [1.54, 1.807) is 0 Å². The summed E-state index contributed by atoms with van der Waals surface area (Å²) in [4.78, 5) is 0. The van der Waals surface area contributed by atoms with E-state index in [0.29, 0.717) is 5.41 Å². The molecule has 0 saturated heterocycles. The lowest BCUT2D eigenvalue weighted by Gasteiger charge is -2.37. The fourth-order valence-corrected chi connectivity index (χ4v) is 3.23. The topological polar surface area (TPSA) is 26.0 Å². The van der Waals surface area contributed by atoms with Gasteiger partial charge >= 0.3 is 0 Å². The molecule has 96 valence electrons. The van der Waals surface area contributed by atoms with Crippen LogP contribution in [0.15, 0.2) is 0 Å². The molecule has 0 radical (unpaired) electrons. The largest absolute Gasteiger partial charge is 0.330 e. The molecule has 1 heteroatoms. The monoisotopic (exact) mass is 225 g/mol. The summed E-state index contributed by atoms with van der Waals surface area (Å²) in [6.45, 7) is 5.62. The predicted molar refractivity (Wildman–Crippen MR) is 72.5 cm³/mol. The molecule has 2 N–H and O–H groups in total. The molecule has 1 aliphatic carbocycles. The normalized spacial score (nSPS) is 22.7. The maximum atomic E-state index is 6.07. The second-order valence-electron chi connectivity index (χ2n) is 6.00. The van der Waals surface area contributed by atoms with E-state index in [2.05, 4.69) is 13.8 Å². The fourth-order valence-electron chi connectivity index (χ4n) is 3.23. The van der Waals surface area contributed by atoms with Crippen LogP contribution in [0.5, 0.6) is 0 Å². The molecule has 0 heterocycles. The molecule has 0 aromatic rings. The Kier molecular flexibility index (Phi) is 6.41. The Balaban J connectivity index is 2.47. The van der Waals surface area contributed by atoms with E-state index in [1.807, 2.05) is 0 Å². The van der Waals surface area contributed by atoms with E-state index in [1.165, 1.54) is 64.2 Å². The van der Waals surface area contributed by atoms with Crippen LogP contribution in [0.4, 0.5) is 0 Å². The van der Waals surface area contributed by atoms with Gasteiger partial charge in [-0.3, -0.25) is 0 Å². The van der Waals surface area contributed by atoms with E-state index in [-0.39, 0.29) is 0 Å². The maximum absolute atomic E-state index is 6.07. The Morgan fingerprint density at radius 1 is 1.06 bits per heavy atom. The average Bonchev–Trinajstić information content (AvgIpc) is 2.58. The minimum Gasteiger partial charge on any atom is -0.330 e. The van der Waals surface area contributed by atoms with Crippen molar-refractivity contribution in [3.63, 3.8) is 0 Å². The number of rotatable bonds is 6. The van der Waals surface area contributed by atoms with Gasteiger partial charge in [0.25, 0.3) is 0 Å². The summed E-state index contributed by atoms with van der Waals surface area (Å²) >= 11 is 0. The molecule has 0 aliphatic heterocycles. The second-order valence-corrected chi connectivity index (χ2v) is 6.00. The summed E-state index contributed by atoms with van der Waals surface area (Å²) in [6.07, 6.45) is 14.1. The molecular formula is C15H31N. The summed E-state index contributed by atoms with van der Waals surface area (Å²) in [7, 11) is 0. The van der Waals surface area contributed by atoms with Crippen molar-refractivity contribution in [2.45, 2.75) is 78.1 Å². The van der Waals surface area contributed by atoms with E-state index in [9.17, 15) is 0 Å². The minimum absolute atomic E-state index is 0.430. The highest BCUT2D eigenvalue weighted by Crippen LogP contribution is 2.40. The highest BCUT2D eigenvalue weighted by atomic mass is 14.6. The number of nitrogens with two attached hydrogens (primary N) is 1. The van der Waals surface area contributed by atoms with Crippen LogP contribution in [0.25, 0.3) is 0 Å². The molecule has 0 amide bonds. The number of unbranched alkanes of at least 4 members (excludes halogenated alkanes) is 2. The molecule has 0 aromatic heterocycles. The van der Waals surface area contributed by atoms with Gasteiger partial charge in [-0.05, 0) is 37.1 Å². The summed E-state index contributed by atoms with van der Waals surface area (Å²) in [6, 6.07) is 0. The molecule has 1 unspecified atom stereocenters. The van der Waals surface area contributed by atoms with Crippen molar-refractivity contribution in [3.8, 4) is 0 Å². The third-order valence-electron chi connectivity index (χ3n) is 4.66. The lowest BCUT2D eigenvalue weighted by molar-refractivity contribution is 0.154. The van der Waals surface area contributed by atoms with Gasteiger partial charge in [-0.2, -0.15) is 0 Å². The zero-order valence-corrected chi connectivity index (χ0v) is 11.4. The van der Waals surface area contributed by atoms with Gasteiger partial charge in [0.2, 0.25) is 0 Å². The van der Waals surface area contributed by atoms with E-state index < -0.39 is 0 Å². The predicted octanol–water partition coefficient (Wildman–Crippen LogP) is 4.50. The molecule has 1 atom stereocenters. The van der Waals surface area contributed by atoms with Crippen LogP contribution in [0.2, 0.25) is 0 Å². The summed E-state index contributed by atoms with van der Waals surface area (Å²) in [5.74, 6) is 0.900. The molecule has 1 nitrogen and oxygen atoms in total. The van der Waals surface area contributed by atoms with E-state index in [4.69, 9.17) is 5.73 Å². The molecule has 0 spiro atoms. The zero-order valence-electron chi connectivity index (χ0n) is 11.4. The van der Waals surface area contributed by atoms with Crippen LogP contribution in [0.3, 0.4) is 0 Å². The quantitative estimate of drug-likeness (QED) is 0.522. The van der Waals surface area contributed by atoms with Crippen molar-refractivity contribution in [2.24, 2.45) is 17.1 Å². The molecular weight excluding hydrogens is 194 g/mol. The van der Waals surface area contributed by atoms with Gasteiger partial charge in [0.1, 0.15) is 0 Å². The summed E-state index contributed by atoms with van der Waals surface area (Å²) < 4.78 is 0. The van der Waals surface area contributed by atoms with E-state index >= 15 is 0 Å². The van der Waals surface area contributed by atoms with Gasteiger partial charge < -0.3 is 5.73 Å². The standard InChI is InChI=1S/C15H31N/c1-3-4-9-12-15(2,13-16)14-10-7-5-6-8-11-14/h14H,3-13,16H2,1-2H3. The van der Waals surface area contributed by atoms with Gasteiger partial charge in [-0.1, -0.05) is 58.8 Å². The van der Waals surface area contributed by atoms with Crippen LogP contribution in [0.1, 0.15) is 78.1 Å². The van der Waals surface area contributed by atoms with Crippen molar-refractivity contribution < 1.29 is 0 Å². The van der Waals surface area contributed by atoms with Gasteiger partial charge in [-0.25, -0.2) is 0 Å². The van der Waals surface area contributed by atoms with Gasteiger partial charge in [0.15, 0.2) is 0 Å². The van der Waals surface area contributed by atoms with Gasteiger partial charge in [0.05, 0.1) is 0 Å². The summed E-state index contributed by atoms with van der Waals surface area (Å²) in [5.41, 5.74) is 6.50. The third-order valence-corrected chi connectivity index (χ3v) is 4.66. The highest BCUT2D eigenvalue weighted by Gasteiger charge is 2.32. The molecule has 1 saturated carbocycles. The molecule has 1 rings (SSSR count). The molecule has 0 bridgehead atoms. The Hall–Kier alpha value is -0.0400. The van der Waals surface area contributed by atoms with Crippen molar-refractivity contribution in [2.75, 3.05) is 6.54 Å². The van der Waals surface area contributed by atoms with Crippen molar-refractivity contribution >= 4 is 0 Å². The SMILES string of the molecule is CCCCCC(C)(CN)C1CCCCCC1. The molecule has 1 aliphatic rings. The van der Waals surface area contributed by atoms with Crippen LogP contribution >= 0.6 is 0 Å². The van der Waals surface area contributed by atoms with Crippen LogP contribution in [-0.2, 0) is 0 Å². The van der Waals surface area contributed by atoms with E-state index in [0.717, 1.165) is 12.5 Å². The smallest absolute Gasteiger partial charge is 0.00205 e. The van der Waals surface area contributed by atoms with Crippen LogP contribution in [0, 0.1) is 11.3 Å². The van der Waals surface area contributed by atoms with Gasteiger partial charge in [-0.15, -0.1) is 0 Å². The first-order valence-corrected chi connectivity index (χ1v) is 7.43. The second kappa shape index (κ2) is 7.32. The van der Waals surface area contributed by atoms with Crippen LogP contribution < -0.4 is 5.73 Å². The molecule has 16 heavy (non-hydrogen) atoms. The minimum atomic E-state index is 0.430. The lowest BCUT2D eigenvalue weighted by Crippen LogP contribution is -2.35. The summed E-state index contributed by atoms with van der Waals surface area (Å²) in [5, 5.41) is 0. The van der Waals surface area contributed by atoms with Crippen molar-refractivity contribution in [1.29, 1.82) is 0 Å². The first-order valence-electron chi connectivity index (χ1n) is 7.43. The Morgan fingerprint density at radius 2 is 1.69 bits per heavy atom. The lowest BCUT2D eigenvalue weighted by atomic mass is 9.70. The Bertz CT molecular complexity index is 170.